The number of aryl methyl sites for hydroxylation is 1. The third-order valence-electron chi connectivity index (χ3n) is 4.87. The Morgan fingerprint density at radius 3 is 2.70 bits per heavy atom. The number of hydrogen-bond acceptors (Lipinski definition) is 2. The van der Waals surface area contributed by atoms with Gasteiger partial charge < -0.3 is 9.88 Å². The standard InChI is InChI=1S/C16H25N3O/c1-12-11-18-15(19(12)14-7-2-3-8-14)9-10-17-16(20)13-5-4-6-13/h11,13-14H,2-10H2,1H3,(H,17,20). The maximum atomic E-state index is 11.8. The molecule has 4 nitrogen and oxygen atoms in total. The van der Waals surface area contributed by atoms with Crippen LogP contribution in [0.4, 0.5) is 0 Å². The highest BCUT2D eigenvalue weighted by atomic mass is 16.1. The van der Waals surface area contributed by atoms with Gasteiger partial charge >= 0.3 is 0 Å². The van der Waals surface area contributed by atoms with Crippen LogP contribution in [0.15, 0.2) is 6.20 Å². The molecule has 0 aromatic carbocycles. The molecule has 0 bridgehead atoms. The van der Waals surface area contributed by atoms with Gasteiger partial charge in [0.15, 0.2) is 0 Å². The number of imidazole rings is 1. The van der Waals surface area contributed by atoms with Crippen molar-refractivity contribution in [1.82, 2.24) is 14.9 Å². The molecule has 2 saturated carbocycles. The van der Waals surface area contributed by atoms with Crippen LogP contribution in [0.2, 0.25) is 0 Å². The number of nitrogens with zero attached hydrogens (tertiary/aromatic N) is 2. The monoisotopic (exact) mass is 275 g/mol. The summed E-state index contributed by atoms with van der Waals surface area (Å²) in [5.74, 6) is 1.67. The lowest BCUT2D eigenvalue weighted by molar-refractivity contribution is -0.127. The molecule has 2 aliphatic carbocycles. The summed E-state index contributed by atoms with van der Waals surface area (Å²) in [6.07, 6.45) is 11.4. The first-order valence-electron chi connectivity index (χ1n) is 8.06. The lowest BCUT2D eigenvalue weighted by Gasteiger charge is -2.24. The first kappa shape index (κ1) is 13.7. The third-order valence-corrected chi connectivity index (χ3v) is 4.87. The van der Waals surface area contributed by atoms with Crippen molar-refractivity contribution in [3.63, 3.8) is 0 Å². The second-order valence-electron chi connectivity index (χ2n) is 6.29. The van der Waals surface area contributed by atoms with Gasteiger partial charge in [0.2, 0.25) is 5.91 Å². The number of carbonyl (C=O) groups excluding carboxylic acids is 1. The first-order valence-corrected chi connectivity index (χ1v) is 8.06. The van der Waals surface area contributed by atoms with Crippen LogP contribution in [0.1, 0.15) is 62.5 Å². The molecule has 0 spiro atoms. The number of hydrogen-bond donors (Lipinski definition) is 1. The molecule has 0 radical (unpaired) electrons. The van der Waals surface area contributed by atoms with Gasteiger partial charge in [-0.25, -0.2) is 4.98 Å². The second-order valence-corrected chi connectivity index (χ2v) is 6.29. The van der Waals surface area contributed by atoms with E-state index >= 15 is 0 Å². The molecule has 0 unspecified atom stereocenters. The zero-order valence-corrected chi connectivity index (χ0v) is 12.4. The maximum Gasteiger partial charge on any atom is 0.223 e. The van der Waals surface area contributed by atoms with Gasteiger partial charge in [0.1, 0.15) is 5.82 Å². The molecule has 0 aliphatic heterocycles. The van der Waals surface area contributed by atoms with Crippen molar-refractivity contribution in [2.24, 2.45) is 5.92 Å². The summed E-state index contributed by atoms with van der Waals surface area (Å²) >= 11 is 0. The number of amides is 1. The summed E-state index contributed by atoms with van der Waals surface area (Å²) in [5, 5.41) is 3.07. The maximum absolute atomic E-state index is 11.8. The number of rotatable bonds is 5. The van der Waals surface area contributed by atoms with E-state index in [0.29, 0.717) is 6.04 Å². The van der Waals surface area contributed by atoms with Crippen molar-refractivity contribution in [2.45, 2.75) is 64.3 Å². The highest BCUT2D eigenvalue weighted by Crippen LogP contribution is 2.31. The van der Waals surface area contributed by atoms with Crippen LogP contribution < -0.4 is 5.32 Å². The molecule has 1 heterocycles. The van der Waals surface area contributed by atoms with Gasteiger partial charge in [0, 0.05) is 36.8 Å². The Bertz CT molecular complexity index is 470. The van der Waals surface area contributed by atoms with Crippen LogP contribution in [0.3, 0.4) is 0 Å². The SMILES string of the molecule is Cc1cnc(CCNC(=O)C2CCC2)n1C1CCCC1. The summed E-state index contributed by atoms with van der Waals surface area (Å²) < 4.78 is 2.41. The van der Waals surface area contributed by atoms with E-state index in [2.05, 4.69) is 21.8 Å². The largest absolute Gasteiger partial charge is 0.355 e. The number of carbonyl (C=O) groups is 1. The Balaban J connectivity index is 1.55. The highest BCUT2D eigenvalue weighted by molar-refractivity contribution is 5.79. The van der Waals surface area contributed by atoms with E-state index in [1.165, 1.54) is 37.8 Å². The predicted octanol–water partition coefficient (Wildman–Crippen LogP) is 2.77. The van der Waals surface area contributed by atoms with Gasteiger partial charge in [0.25, 0.3) is 0 Å². The molecule has 1 aromatic heterocycles. The molecule has 1 N–H and O–H groups in total. The lowest BCUT2D eigenvalue weighted by atomic mass is 9.85. The molecule has 20 heavy (non-hydrogen) atoms. The van der Waals surface area contributed by atoms with E-state index in [1.807, 2.05) is 6.20 Å². The van der Waals surface area contributed by atoms with E-state index in [1.54, 1.807) is 0 Å². The minimum atomic E-state index is 0.243. The summed E-state index contributed by atoms with van der Waals surface area (Å²) in [7, 11) is 0. The van der Waals surface area contributed by atoms with E-state index < -0.39 is 0 Å². The van der Waals surface area contributed by atoms with Gasteiger partial charge in [-0.15, -0.1) is 0 Å². The van der Waals surface area contributed by atoms with Gasteiger partial charge in [-0.05, 0) is 32.6 Å². The molecule has 4 heteroatoms. The molecule has 0 atom stereocenters. The van der Waals surface area contributed by atoms with Crippen molar-refractivity contribution in [2.75, 3.05) is 6.54 Å². The average molecular weight is 275 g/mol. The average Bonchev–Trinajstić information content (AvgIpc) is 2.96. The van der Waals surface area contributed by atoms with E-state index in [0.717, 1.165) is 31.6 Å². The molecule has 110 valence electrons. The van der Waals surface area contributed by atoms with Crippen molar-refractivity contribution < 1.29 is 4.79 Å². The number of aromatic nitrogens is 2. The Kier molecular flexibility index (Phi) is 4.08. The molecule has 2 fully saturated rings. The zero-order valence-electron chi connectivity index (χ0n) is 12.4. The molecule has 3 rings (SSSR count). The first-order chi connectivity index (χ1) is 9.75. The van der Waals surface area contributed by atoms with Crippen LogP contribution >= 0.6 is 0 Å². The minimum Gasteiger partial charge on any atom is -0.355 e. The quantitative estimate of drug-likeness (QED) is 0.898. The van der Waals surface area contributed by atoms with Crippen molar-refractivity contribution in [3.05, 3.63) is 17.7 Å². The van der Waals surface area contributed by atoms with Crippen molar-refractivity contribution >= 4 is 5.91 Å². The fraction of sp³-hybridized carbons (Fsp3) is 0.750. The van der Waals surface area contributed by atoms with Crippen LogP contribution in [0.25, 0.3) is 0 Å². The zero-order chi connectivity index (χ0) is 13.9. The highest BCUT2D eigenvalue weighted by Gasteiger charge is 2.25. The summed E-state index contributed by atoms with van der Waals surface area (Å²) in [6, 6.07) is 0.634. The Labute approximate surface area is 121 Å². The summed E-state index contributed by atoms with van der Waals surface area (Å²) in [4.78, 5) is 16.4. The Hall–Kier alpha value is -1.32. The van der Waals surface area contributed by atoms with Crippen LogP contribution in [-0.2, 0) is 11.2 Å². The molecular weight excluding hydrogens is 250 g/mol. The van der Waals surface area contributed by atoms with Crippen molar-refractivity contribution in [3.8, 4) is 0 Å². The van der Waals surface area contributed by atoms with Crippen LogP contribution in [-0.4, -0.2) is 22.0 Å². The van der Waals surface area contributed by atoms with Crippen molar-refractivity contribution in [1.29, 1.82) is 0 Å². The predicted molar refractivity (Wildman–Crippen MR) is 78.5 cm³/mol. The number of nitrogens with one attached hydrogen (secondary N) is 1. The van der Waals surface area contributed by atoms with Crippen LogP contribution in [0.5, 0.6) is 0 Å². The normalized spacial score (nSPS) is 20.1. The second kappa shape index (κ2) is 5.98. The Morgan fingerprint density at radius 1 is 1.30 bits per heavy atom. The molecule has 2 aliphatic rings. The summed E-state index contributed by atoms with van der Waals surface area (Å²) in [5.41, 5.74) is 1.26. The van der Waals surface area contributed by atoms with Gasteiger partial charge in [0.05, 0.1) is 0 Å². The molecule has 1 aromatic rings. The smallest absolute Gasteiger partial charge is 0.223 e. The molecular formula is C16H25N3O. The molecule has 0 saturated heterocycles. The third kappa shape index (κ3) is 2.74. The Morgan fingerprint density at radius 2 is 2.05 bits per heavy atom. The van der Waals surface area contributed by atoms with Gasteiger partial charge in [-0.2, -0.15) is 0 Å². The van der Waals surface area contributed by atoms with Crippen LogP contribution in [0, 0.1) is 12.8 Å². The van der Waals surface area contributed by atoms with E-state index in [4.69, 9.17) is 0 Å². The topological polar surface area (TPSA) is 46.9 Å². The summed E-state index contributed by atoms with van der Waals surface area (Å²) in [6.45, 7) is 2.86. The van der Waals surface area contributed by atoms with E-state index in [9.17, 15) is 4.79 Å². The lowest BCUT2D eigenvalue weighted by Crippen LogP contribution is -2.35. The fourth-order valence-electron chi connectivity index (χ4n) is 3.45. The van der Waals surface area contributed by atoms with E-state index in [-0.39, 0.29) is 11.8 Å². The minimum absolute atomic E-state index is 0.243. The van der Waals surface area contributed by atoms with Gasteiger partial charge in [-0.3, -0.25) is 4.79 Å². The molecule has 1 amide bonds. The van der Waals surface area contributed by atoms with Gasteiger partial charge in [-0.1, -0.05) is 19.3 Å². The fourth-order valence-corrected chi connectivity index (χ4v) is 3.45.